The van der Waals surface area contributed by atoms with E-state index in [9.17, 15) is 10.1 Å². The zero-order valence-electron chi connectivity index (χ0n) is 20.9. The van der Waals surface area contributed by atoms with Gasteiger partial charge in [-0.25, -0.2) is 4.99 Å². The summed E-state index contributed by atoms with van der Waals surface area (Å²) in [6, 6.07) is 19.8. The number of aromatic nitrogens is 1. The molecule has 2 aromatic carbocycles. The monoisotopic (exact) mass is 494 g/mol. The van der Waals surface area contributed by atoms with Crippen LogP contribution in [0.15, 0.2) is 65.8 Å². The molecule has 6 heteroatoms. The summed E-state index contributed by atoms with van der Waals surface area (Å²) in [6.45, 7) is 7.18. The summed E-state index contributed by atoms with van der Waals surface area (Å²) < 4.78 is 1.94. The van der Waals surface area contributed by atoms with Crippen LogP contribution >= 0.6 is 11.3 Å². The Labute approximate surface area is 216 Å². The van der Waals surface area contributed by atoms with Crippen LogP contribution in [0.25, 0.3) is 10.9 Å². The van der Waals surface area contributed by atoms with Crippen molar-refractivity contribution in [2.24, 2.45) is 16.3 Å². The molecule has 0 fully saturated rings. The number of aliphatic imine (C=N–C) groups is 1. The lowest BCUT2D eigenvalue weighted by Crippen LogP contribution is -2.27. The number of rotatable bonds is 5. The van der Waals surface area contributed by atoms with Crippen molar-refractivity contribution < 1.29 is 4.79 Å². The maximum absolute atomic E-state index is 13.5. The second-order valence-electron chi connectivity index (χ2n) is 10.5. The molecule has 0 saturated carbocycles. The zero-order chi connectivity index (χ0) is 25.3. The maximum Gasteiger partial charge on any atom is 0.259 e. The van der Waals surface area contributed by atoms with Crippen molar-refractivity contribution in [3.8, 4) is 6.07 Å². The molecule has 0 aliphatic heterocycles. The number of benzene rings is 2. The molecule has 1 atom stereocenters. The number of nitriles is 1. The molecule has 182 valence electrons. The number of carbonyl (C=O) groups is 1. The fraction of sp³-hybridized carbons (Fsp3) is 0.300. The van der Waals surface area contributed by atoms with Gasteiger partial charge < -0.3 is 9.88 Å². The highest BCUT2D eigenvalue weighted by Gasteiger charge is 2.33. The van der Waals surface area contributed by atoms with E-state index in [0.29, 0.717) is 11.5 Å². The third-order valence-corrected chi connectivity index (χ3v) is 8.27. The predicted octanol–water partition coefficient (Wildman–Crippen LogP) is 7.38. The number of carbonyl (C=O) groups excluding carboxylic acids is 1. The number of hydrogen-bond acceptors (Lipinski definition) is 4. The van der Waals surface area contributed by atoms with E-state index in [1.807, 2.05) is 71.6 Å². The van der Waals surface area contributed by atoms with E-state index in [0.717, 1.165) is 52.0 Å². The zero-order valence-corrected chi connectivity index (χ0v) is 21.7. The lowest BCUT2D eigenvalue weighted by molar-refractivity contribution is 0.102. The van der Waals surface area contributed by atoms with Gasteiger partial charge in [0.15, 0.2) is 0 Å². The van der Waals surface area contributed by atoms with Crippen LogP contribution in [0.4, 0.5) is 10.7 Å². The highest BCUT2D eigenvalue weighted by Crippen LogP contribution is 2.45. The van der Waals surface area contributed by atoms with Gasteiger partial charge in [0.2, 0.25) is 0 Å². The highest BCUT2D eigenvalue weighted by molar-refractivity contribution is 7.16. The van der Waals surface area contributed by atoms with Crippen LogP contribution in [0.2, 0.25) is 0 Å². The molecule has 5 nitrogen and oxygen atoms in total. The van der Waals surface area contributed by atoms with Crippen molar-refractivity contribution in [1.29, 1.82) is 5.26 Å². The van der Waals surface area contributed by atoms with E-state index in [1.165, 1.54) is 4.88 Å². The van der Waals surface area contributed by atoms with Crippen LogP contribution in [0, 0.1) is 22.7 Å². The molecule has 1 amide bonds. The number of anilines is 1. The average molecular weight is 495 g/mol. The summed E-state index contributed by atoms with van der Waals surface area (Å²) in [5.74, 6) is 0.474. The Morgan fingerprint density at radius 2 is 1.94 bits per heavy atom. The quantitative estimate of drug-likeness (QED) is 0.294. The van der Waals surface area contributed by atoms with Crippen LogP contribution in [0.1, 0.15) is 53.6 Å². The Kier molecular flexibility index (Phi) is 6.51. The van der Waals surface area contributed by atoms with Crippen molar-refractivity contribution in [3.05, 3.63) is 82.4 Å². The van der Waals surface area contributed by atoms with E-state index < -0.39 is 0 Å². The molecule has 1 N–H and O–H groups in total. The lowest BCUT2D eigenvalue weighted by atomic mass is 9.72. The molecule has 2 aromatic heterocycles. The molecular weight excluding hydrogens is 464 g/mol. The minimum absolute atomic E-state index is 0.105. The smallest absolute Gasteiger partial charge is 0.259 e. The third-order valence-electron chi connectivity index (χ3n) is 7.11. The van der Waals surface area contributed by atoms with Gasteiger partial charge in [-0.3, -0.25) is 4.79 Å². The van der Waals surface area contributed by atoms with Gasteiger partial charge in [0.05, 0.1) is 11.6 Å². The lowest BCUT2D eigenvalue weighted by Gasteiger charge is -2.33. The van der Waals surface area contributed by atoms with Crippen molar-refractivity contribution in [1.82, 2.24) is 4.57 Å². The van der Waals surface area contributed by atoms with Crippen molar-refractivity contribution in [2.45, 2.75) is 46.6 Å². The molecule has 2 heterocycles. The van der Waals surface area contributed by atoms with Crippen molar-refractivity contribution in [2.75, 3.05) is 5.32 Å². The van der Waals surface area contributed by atoms with Crippen LogP contribution in [0.3, 0.4) is 0 Å². The van der Waals surface area contributed by atoms with Crippen LogP contribution in [-0.4, -0.2) is 16.7 Å². The minimum Gasteiger partial charge on any atom is -0.333 e. The van der Waals surface area contributed by atoms with E-state index in [1.54, 1.807) is 11.3 Å². The first-order valence-electron chi connectivity index (χ1n) is 12.3. The molecule has 0 radical (unpaired) electrons. The van der Waals surface area contributed by atoms with Crippen molar-refractivity contribution in [3.63, 3.8) is 0 Å². The second kappa shape index (κ2) is 9.75. The molecule has 0 spiro atoms. The number of para-hydroxylation sites is 2. The molecular formula is C30H30N4OS. The first kappa shape index (κ1) is 24.0. The van der Waals surface area contributed by atoms with Crippen LogP contribution < -0.4 is 5.32 Å². The summed E-state index contributed by atoms with van der Waals surface area (Å²) >= 11 is 1.64. The molecule has 36 heavy (non-hydrogen) atoms. The normalized spacial score (nSPS) is 15.7. The average Bonchev–Trinajstić information content (AvgIpc) is 3.40. The molecule has 5 rings (SSSR count). The fourth-order valence-electron chi connectivity index (χ4n) is 5.06. The van der Waals surface area contributed by atoms with E-state index >= 15 is 0 Å². The Balaban J connectivity index is 1.55. The number of thiophene rings is 1. The number of nitrogens with zero attached hydrogens (tertiary/aromatic N) is 3. The third kappa shape index (κ3) is 4.72. The summed E-state index contributed by atoms with van der Waals surface area (Å²) in [4.78, 5) is 19.7. The Bertz CT molecular complexity index is 1480. The van der Waals surface area contributed by atoms with Gasteiger partial charge in [-0.1, -0.05) is 57.2 Å². The highest BCUT2D eigenvalue weighted by atomic mass is 32.1. The molecule has 1 aliphatic rings. The Morgan fingerprint density at radius 3 is 2.69 bits per heavy atom. The Morgan fingerprint density at radius 1 is 1.19 bits per heavy atom. The summed E-state index contributed by atoms with van der Waals surface area (Å²) in [6.07, 6.45) is 6.75. The van der Waals surface area contributed by atoms with Gasteiger partial charge in [0.1, 0.15) is 11.5 Å². The number of nitrogens with one attached hydrogen (secondary N) is 1. The minimum atomic E-state index is -0.105. The number of amides is 1. The summed E-state index contributed by atoms with van der Waals surface area (Å²) in [5.41, 5.74) is 4.78. The molecule has 0 saturated heterocycles. The standard InChI is InChI=1S/C30H30N4OS/c1-30(2,3)21-13-14-24-26(17-21)36-29(27(24)28(35)33-22-9-5-4-6-10-22)32-18-20-19-34(16-15-31)25-12-8-7-11-23(20)25/h4-12,18-19,21H,13-14,16-17H2,1-3H3,(H,33,35)/t21-/m0/s1. The number of fused-ring (bicyclic) bond motifs is 2. The van der Waals surface area contributed by atoms with E-state index in [4.69, 9.17) is 4.99 Å². The van der Waals surface area contributed by atoms with Gasteiger partial charge in [-0.2, -0.15) is 5.26 Å². The van der Waals surface area contributed by atoms with Gasteiger partial charge in [-0.05, 0) is 54.4 Å². The molecule has 1 aliphatic carbocycles. The Hall–Kier alpha value is -3.69. The SMILES string of the molecule is CC(C)(C)[C@H]1CCc2c(sc(N=Cc3cn(CC#N)c4ccccc34)c2C(=O)Nc2ccccc2)C1. The van der Waals surface area contributed by atoms with Crippen molar-refractivity contribution >= 4 is 45.0 Å². The van der Waals surface area contributed by atoms with Crippen LogP contribution in [0.5, 0.6) is 0 Å². The largest absolute Gasteiger partial charge is 0.333 e. The summed E-state index contributed by atoms with van der Waals surface area (Å²) in [7, 11) is 0. The van der Waals surface area contributed by atoms with Gasteiger partial charge in [0, 0.05) is 39.4 Å². The van der Waals surface area contributed by atoms with E-state index in [2.05, 4.69) is 32.2 Å². The number of hydrogen-bond donors (Lipinski definition) is 1. The fourth-order valence-corrected chi connectivity index (χ4v) is 6.33. The predicted molar refractivity (Wildman–Crippen MR) is 148 cm³/mol. The first-order chi connectivity index (χ1) is 17.3. The molecule has 4 aromatic rings. The van der Waals surface area contributed by atoms with Crippen LogP contribution in [-0.2, 0) is 19.4 Å². The topological polar surface area (TPSA) is 70.2 Å². The van der Waals surface area contributed by atoms with Gasteiger partial charge in [-0.15, -0.1) is 11.3 Å². The first-order valence-corrected chi connectivity index (χ1v) is 13.2. The van der Waals surface area contributed by atoms with Gasteiger partial charge in [0.25, 0.3) is 5.91 Å². The van der Waals surface area contributed by atoms with Gasteiger partial charge >= 0.3 is 0 Å². The second-order valence-corrected chi connectivity index (χ2v) is 11.5. The summed E-state index contributed by atoms with van der Waals surface area (Å²) in [5, 5.41) is 14.1. The molecule has 0 bridgehead atoms. The maximum atomic E-state index is 13.5. The molecule has 0 unspecified atom stereocenters. The van der Waals surface area contributed by atoms with E-state index in [-0.39, 0.29) is 17.9 Å².